The smallest absolute Gasteiger partial charge is 0.328 e. The highest BCUT2D eigenvalue weighted by atomic mass is 35.5. The van der Waals surface area contributed by atoms with E-state index in [9.17, 15) is 9.59 Å². The Balaban J connectivity index is 2.23. The normalized spacial score (nSPS) is 9.88. The van der Waals surface area contributed by atoms with Gasteiger partial charge in [0.05, 0.1) is 0 Å². The molecule has 0 bridgehead atoms. The van der Waals surface area contributed by atoms with Gasteiger partial charge in [0.1, 0.15) is 5.88 Å². The van der Waals surface area contributed by atoms with Crippen LogP contribution in [-0.4, -0.2) is 34.4 Å². The minimum absolute atomic E-state index is 0.0474. The summed E-state index contributed by atoms with van der Waals surface area (Å²) in [7, 11) is 0. The van der Waals surface area contributed by atoms with Crippen LogP contribution < -0.4 is 10.6 Å². The number of aromatic nitrogens is 2. The number of nitrogens with zero attached hydrogens (tertiary/aromatic N) is 2. The van der Waals surface area contributed by atoms with Crippen molar-refractivity contribution >= 4 is 29.4 Å². The zero-order valence-electron chi connectivity index (χ0n) is 8.62. The van der Waals surface area contributed by atoms with Crippen molar-refractivity contribution in [3.05, 3.63) is 5.82 Å². The topological polar surface area (TPSA) is 97.1 Å². The van der Waals surface area contributed by atoms with E-state index >= 15 is 0 Å². The lowest BCUT2D eigenvalue weighted by Crippen LogP contribution is -2.28. The van der Waals surface area contributed by atoms with E-state index in [1.807, 2.05) is 0 Å². The van der Waals surface area contributed by atoms with Crippen LogP contribution in [0.4, 0.5) is 6.01 Å². The number of aryl methyl sites for hydroxylation is 1. The number of nitrogens with one attached hydrogen (secondary N) is 2. The van der Waals surface area contributed by atoms with Gasteiger partial charge in [-0.3, -0.25) is 14.9 Å². The summed E-state index contributed by atoms with van der Waals surface area (Å²) < 4.78 is 4.68. The van der Waals surface area contributed by atoms with Crippen molar-refractivity contribution in [2.75, 3.05) is 17.7 Å². The zero-order chi connectivity index (χ0) is 12.0. The fourth-order valence-electron chi connectivity index (χ4n) is 0.892. The van der Waals surface area contributed by atoms with Crippen molar-refractivity contribution in [1.82, 2.24) is 15.5 Å². The van der Waals surface area contributed by atoms with E-state index in [0.29, 0.717) is 5.82 Å². The minimum Gasteiger partial charge on any atom is -0.355 e. The maximum absolute atomic E-state index is 11.3. The average Bonchev–Trinajstić information content (AvgIpc) is 2.63. The molecule has 7 nitrogen and oxygen atoms in total. The summed E-state index contributed by atoms with van der Waals surface area (Å²) in [6, 6.07) is 0.0474. The summed E-state index contributed by atoms with van der Waals surface area (Å²) in [6.45, 7) is 1.85. The third-order valence-corrected chi connectivity index (χ3v) is 1.81. The van der Waals surface area contributed by atoms with E-state index in [2.05, 4.69) is 25.3 Å². The molecule has 0 atom stereocenters. The predicted molar refractivity (Wildman–Crippen MR) is 56.0 cm³/mol. The lowest BCUT2D eigenvalue weighted by molar-refractivity contribution is -0.119. The first-order valence-corrected chi connectivity index (χ1v) is 5.08. The second kappa shape index (κ2) is 6.06. The number of carbonyl (C=O) groups is 2. The Morgan fingerprint density at radius 3 is 2.75 bits per heavy atom. The molecule has 0 spiro atoms. The van der Waals surface area contributed by atoms with Gasteiger partial charge < -0.3 is 9.84 Å². The lowest BCUT2D eigenvalue weighted by atomic mass is 10.4. The van der Waals surface area contributed by atoms with Gasteiger partial charge in [-0.05, 0) is 6.92 Å². The maximum Gasteiger partial charge on any atom is 0.328 e. The quantitative estimate of drug-likeness (QED) is 0.716. The van der Waals surface area contributed by atoms with Crippen LogP contribution in [0.1, 0.15) is 12.2 Å². The summed E-state index contributed by atoms with van der Waals surface area (Å²) >= 11 is 5.25. The van der Waals surface area contributed by atoms with Crippen LogP contribution in [0.5, 0.6) is 0 Å². The SMILES string of the molecule is Cc1noc(NC(=O)CCNC(=O)CCl)n1. The molecule has 0 aromatic carbocycles. The Morgan fingerprint density at radius 1 is 1.44 bits per heavy atom. The average molecular weight is 247 g/mol. The van der Waals surface area contributed by atoms with Gasteiger partial charge >= 0.3 is 6.01 Å². The zero-order valence-corrected chi connectivity index (χ0v) is 9.37. The van der Waals surface area contributed by atoms with E-state index in [1.165, 1.54) is 0 Å². The second-order valence-electron chi connectivity index (χ2n) is 2.93. The van der Waals surface area contributed by atoms with Crippen molar-refractivity contribution in [3.63, 3.8) is 0 Å². The first-order chi connectivity index (χ1) is 7.61. The molecule has 88 valence electrons. The largest absolute Gasteiger partial charge is 0.355 e. The van der Waals surface area contributed by atoms with Gasteiger partial charge in [0.2, 0.25) is 11.8 Å². The molecule has 1 heterocycles. The fraction of sp³-hybridized carbons (Fsp3) is 0.500. The van der Waals surface area contributed by atoms with Gasteiger partial charge in [0.25, 0.3) is 0 Å². The van der Waals surface area contributed by atoms with E-state index in [1.54, 1.807) is 6.92 Å². The van der Waals surface area contributed by atoms with E-state index in [4.69, 9.17) is 11.6 Å². The molecule has 0 radical (unpaired) electrons. The van der Waals surface area contributed by atoms with Crippen molar-refractivity contribution in [2.45, 2.75) is 13.3 Å². The molecule has 0 aliphatic carbocycles. The van der Waals surface area contributed by atoms with Crippen LogP contribution in [0.15, 0.2) is 4.52 Å². The second-order valence-corrected chi connectivity index (χ2v) is 3.20. The molecule has 1 aromatic rings. The molecule has 0 unspecified atom stereocenters. The van der Waals surface area contributed by atoms with Crippen molar-refractivity contribution in [3.8, 4) is 0 Å². The minimum atomic E-state index is -0.321. The molecular weight excluding hydrogens is 236 g/mol. The predicted octanol–water partition coefficient (Wildman–Crippen LogP) is 0.0616. The first-order valence-electron chi connectivity index (χ1n) is 4.54. The Morgan fingerprint density at radius 2 is 2.19 bits per heavy atom. The highest BCUT2D eigenvalue weighted by molar-refractivity contribution is 6.27. The molecular formula is C8H11ClN4O3. The van der Waals surface area contributed by atoms with E-state index in [0.717, 1.165) is 0 Å². The van der Waals surface area contributed by atoms with Crippen molar-refractivity contribution < 1.29 is 14.1 Å². The van der Waals surface area contributed by atoms with Gasteiger partial charge in [-0.15, -0.1) is 11.6 Å². The van der Waals surface area contributed by atoms with Gasteiger partial charge in [-0.25, -0.2) is 0 Å². The first kappa shape index (κ1) is 12.4. The number of anilines is 1. The highest BCUT2D eigenvalue weighted by Crippen LogP contribution is 2.01. The summed E-state index contributed by atoms with van der Waals surface area (Å²) in [5.74, 6) is -0.322. The van der Waals surface area contributed by atoms with Gasteiger partial charge in [-0.1, -0.05) is 5.16 Å². The van der Waals surface area contributed by atoms with Crippen LogP contribution in [0.3, 0.4) is 0 Å². The molecule has 8 heteroatoms. The Labute approximate surface area is 96.5 Å². The van der Waals surface area contributed by atoms with Gasteiger partial charge in [0, 0.05) is 13.0 Å². The van der Waals surface area contributed by atoms with Crippen LogP contribution >= 0.6 is 11.6 Å². The molecule has 1 rings (SSSR count). The van der Waals surface area contributed by atoms with Crippen LogP contribution in [0, 0.1) is 6.92 Å². The van der Waals surface area contributed by atoms with Crippen LogP contribution in [0.2, 0.25) is 0 Å². The number of halogens is 1. The van der Waals surface area contributed by atoms with Crippen LogP contribution in [0.25, 0.3) is 0 Å². The lowest BCUT2D eigenvalue weighted by Gasteiger charge is -2.01. The fourth-order valence-corrected chi connectivity index (χ4v) is 0.987. The molecule has 0 saturated carbocycles. The van der Waals surface area contributed by atoms with Crippen molar-refractivity contribution in [1.29, 1.82) is 0 Å². The Kier molecular flexibility index (Phi) is 4.71. The molecule has 2 N–H and O–H groups in total. The van der Waals surface area contributed by atoms with Gasteiger partial charge in [-0.2, -0.15) is 4.98 Å². The number of hydrogen-bond donors (Lipinski definition) is 2. The summed E-state index contributed by atoms with van der Waals surface area (Å²) in [5, 5.41) is 8.35. The Bertz CT molecular complexity index is 379. The molecule has 1 aromatic heterocycles. The summed E-state index contributed by atoms with van der Waals surface area (Å²) in [4.78, 5) is 25.8. The van der Waals surface area contributed by atoms with Crippen LogP contribution in [-0.2, 0) is 9.59 Å². The maximum atomic E-state index is 11.3. The molecule has 16 heavy (non-hydrogen) atoms. The monoisotopic (exact) mass is 246 g/mol. The van der Waals surface area contributed by atoms with E-state index in [-0.39, 0.29) is 36.7 Å². The Hall–Kier alpha value is -1.63. The number of rotatable bonds is 5. The number of carbonyl (C=O) groups excluding carboxylic acids is 2. The number of amides is 2. The molecule has 2 amide bonds. The van der Waals surface area contributed by atoms with Crippen molar-refractivity contribution in [2.24, 2.45) is 0 Å². The molecule has 0 aliphatic rings. The standard InChI is InChI=1S/C8H11ClN4O3/c1-5-11-8(16-13-5)12-6(14)2-3-10-7(15)4-9/h2-4H2,1H3,(H,10,15)(H,11,12,13,14). The summed E-state index contributed by atoms with van der Waals surface area (Å²) in [5.41, 5.74) is 0. The highest BCUT2D eigenvalue weighted by Gasteiger charge is 2.07. The molecule has 0 aliphatic heterocycles. The molecule has 0 saturated heterocycles. The van der Waals surface area contributed by atoms with E-state index < -0.39 is 0 Å². The molecule has 0 fully saturated rings. The number of alkyl halides is 1. The third-order valence-electron chi connectivity index (χ3n) is 1.57. The third kappa shape index (κ3) is 4.26. The number of hydrogen-bond acceptors (Lipinski definition) is 5. The summed E-state index contributed by atoms with van der Waals surface area (Å²) in [6.07, 6.45) is 0.115. The van der Waals surface area contributed by atoms with Gasteiger partial charge in [0.15, 0.2) is 5.82 Å².